The third-order valence-electron chi connectivity index (χ3n) is 9.01. The molecule has 1 N–H and O–H groups in total. The largest absolute Gasteiger partial charge is 0.338 e. The number of rotatable bonds is 5. The van der Waals surface area contributed by atoms with Crippen LogP contribution < -0.4 is 5.32 Å². The van der Waals surface area contributed by atoms with Crippen LogP contribution in [0.4, 0.5) is 4.79 Å². The lowest BCUT2D eigenvalue weighted by Gasteiger charge is -2.39. The van der Waals surface area contributed by atoms with Crippen LogP contribution in [0.3, 0.4) is 0 Å². The zero-order valence-electron chi connectivity index (χ0n) is 19.3. The predicted octanol–water partition coefficient (Wildman–Crippen LogP) is 6.77. The zero-order chi connectivity index (χ0) is 21.8. The van der Waals surface area contributed by atoms with Crippen LogP contribution in [0.5, 0.6) is 0 Å². The number of nitrogens with one attached hydrogen (secondary N) is 1. The summed E-state index contributed by atoms with van der Waals surface area (Å²) in [6, 6.07) is 8.84. The highest BCUT2D eigenvalue weighted by atomic mass is 32.1. The molecule has 4 atom stereocenters. The molecule has 0 spiro atoms. The Morgan fingerprint density at radius 1 is 1.29 bits per heavy atom. The second kappa shape index (κ2) is 7.61. The molecule has 5 heteroatoms. The van der Waals surface area contributed by atoms with E-state index in [-0.39, 0.29) is 23.4 Å². The van der Waals surface area contributed by atoms with Gasteiger partial charge in [0.1, 0.15) is 0 Å². The SMILES string of the molecule is CCCCC1=NN(C(=O)N[C@H]2C[C@@H]3CC[C@]2(C)C3(C)C)CC1c1csc2ccccc12. The number of nitrogens with zero attached hydrogens (tertiary/aromatic N) is 2. The molecule has 4 nitrogen and oxygen atoms in total. The summed E-state index contributed by atoms with van der Waals surface area (Å²) in [5.41, 5.74) is 2.98. The van der Waals surface area contributed by atoms with Crippen LogP contribution in [0.15, 0.2) is 34.7 Å². The summed E-state index contributed by atoms with van der Waals surface area (Å²) in [7, 11) is 0. The van der Waals surface area contributed by atoms with Gasteiger partial charge in [-0.3, -0.25) is 0 Å². The van der Waals surface area contributed by atoms with E-state index in [1.807, 2.05) is 0 Å². The summed E-state index contributed by atoms with van der Waals surface area (Å²) >= 11 is 1.80. The van der Waals surface area contributed by atoms with E-state index in [1.54, 1.807) is 16.3 Å². The first-order chi connectivity index (χ1) is 14.8. The minimum atomic E-state index is -0.00870. The molecule has 2 aromatic rings. The molecule has 2 heterocycles. The molecule has 1 aromatic carbocycles. The summed E-state index contributed by atoms with van der Waals surface area (Å²) < 4.78 is 1.31. The fraction of sp³-hybridized carbons (Fsp3) is 0.615. The van der Waals surface area contributed by atoms with Crippen LogP contribution in [-0.4, -0.2) is 29.3 Å². The second-order valence-corrected chi connectivity index (χ2v) is 11.5. The third-order valence-corrected chi connectivity index (χ3v) is 9.99. The zero-order valence-corrected chi connectivity index (χ0v) is 20.1. The van der Waals surface area contributed by atoms with Gasteiger partial charge in [-0.1, -0.05) is 52.3 Å². The molecule has 0 radical (unpaired) electrons. The first kappa shape index (κ1) is 21.0. The van der Waals surface area contributed by atoms with E-state index in [9.17, 15) is 4.79 Å². The highest BCUT2D eigenvalue weighted by Gasteiger charge is 2.61. The topological polar surface area (TPSA) is 44.7 Å². The average Bonchev–Trinajstić information content (AvgIpc) is 3.46. The molecule has 1 aliphatic heterocycles. The molecule has 3 aliphatic rings. The number of thiophene rings is 1. The van der Waals surface area contributed by atoms with Gasteiger partial charge in [-0.15, -0.1) is 11.3 Å². The second-order valence-electron chi connectivity index (χ2n) is 10.6. The molecule has 2 amide bonds. The molecule has 2 fully saturated rings. The van der Waals surface area contributed by atoms with Crippen molar-refractivity contribution in [1.29, 1.82) is 0 Å². The molecule has 2 saturated carbocycles. The van der Waals surface area contributed by atoms with Gasteiger partial charge in [0.15, 0.2) is 0 Å². The number of hydrogen-bond donors (Lipinski definition) is 1. The van der Waals surface area contributed by atoms with Crippen molar-refractivity contribution in [2.45, 2.75) is 78.2 Å². The minimum absolute atomic E-state index is 0.00870. The number of hydrogen-bond acceptors (Lipinski definition) is 3. The summed E-state index contributed by atoms with van der Waals surface area (Å²) in [6.07, 6.45) is 6.83. The Morgan fingerprint density at radius 2 is 2.10 bits per heavy atom. The van der Waals surface area contributed by atoms with Gasteiger partial charge in [0.25, 0.3) is 0 Å². The Labute approximate surface area is 190 Å². The van der Waals surface area contributed by atoms with Crippen LogP contribution in [0.25, 0.3) is 10.1 Å². The number of amides is 2. The lowest BCUT2D eigenvalue weighted by Crippen LogP contribution is -2.50. The number of fused-ring (bicyclic) bond motifs is 3. The molecule has 31 heavy (non-hydrogen) atoms. The normalized spacial score (nSPS) is 31.4. The Balaban J connectivity index is 1.36. The van der Waals surface area contributed by atoms with E-state index in [2.05, 4.69) is 62.7 Å². The lowest BCUT2D eigenvalue weighted by molar-refractivity contribution is 0.118. The summed E-state index contributed by atoms with van der Waals surface area (Å²) in [5, 5.41) is 13.6. The average molecular weight is 438 g/mol. The molecular formula is C26H35N3OS. The first-order valence-electron chi connectivity index (χ1n) is 12.0. The predicted molar refractivity (Wildman–Crippen MR) is 130 cm³/mol. The molecule has 2 aliphatic carbocycles. The van der Waals surface area contributed by atoms with Crippen molar-refractivity contribution in [3.63, 3.8) is 0 Å². The maximum atomic E-state index is 13.3. The fourth-order valence-corrected chi connectivity index (χ4v) is 7.46. The lowest BCUT2D eigenvalue weighted by atomic mass is 9.69. The Bertz CT molecular complexity index is 1020. The van der Waals surface area contributed by atoms with Gasteiger partial charge in [0.2, 0.25) is 0 Å². The number of unbranched alkanes of at least 4 members (excludes halogenated alkanes) is 1. The molecule has 2 bridgehead atoms. The Kier molecular flexibility index (Phi) is 5.16. The minimum Gasteiger partial charge on any atom is -0.333 e. The van der Waals surface area contributed by atoms with Crippen LogP contribution in [0, 0.1) is 16.7 Å². The molecule has 5 rings (SSSR count). The van der Waals surface area contributed by atoms with Crippen LogP contribution in [0.2, 0.25) is 0 Å². The number of hydrazone groups is 1. The molecule has 1 unspecified atom stereocenters. The van der Waals surface area contributed by atoms with Crippen LogP contribution in [0.1, 0.15) is 77.7 Å². The van der Waals surface area contributed by atoms with Crippen LogP contribution >= 0.6 is 11.3 Å². The van der Waals surface area contributed by atoms with Crippen molar-refractivity contribution in [3.8, 4) is 0 Å². The van der Waals surface area contributed by atoms with E-state index < -0.39 is 0 Å². The maximum absolute atomic E-state index is 13.3. The van der Waals surface area contributed by atoms with Crippen molar-refractivity contribution in [2.24, 2.45) is 21.8 Å². The van der Waals surface area contributed by atoms with Gasteiger partial charge < -0.3 is 5.32 Å². The fourth-order valence-electron chi connectivity index (χ4n) is 6.45. The smallest absolute Gasteiger partial charge is 0.333 e. The standard InChI is InChI=1S/C26H35N3OS/c1-5-6-10-21-19(20-16-31-22-11-8-7-9-18(20)22)15-29(28-21)24(30)27-23-14-17-12-13-26(23,4)25(17,2)3/h7-9,11,16-17,19,23H,5-6,10,12-15H2,1-4H3,(H,27,30)/t17-,19?,23-,26-/m0/s1. The van der Waals surface area contributed by atoms with Gasteiger partial charge in [-0.25, -0.2) is 9.80 Å². The summed E-state index contributed by atoms with van der Waals surface area (Å²) in [4.78, 5) is 13.3. The summed E-state index contributed by atoms with van der Waals surface area (Å²) in [6.45, 7) is 10.0. The Hall–Kier alpha value is -1.88. The highest BCUT2D eigenvalue weighted by Crippen LogP contribution is 2.65. The number of carbonyl (C=O) groups is 1. The van der Waals surface area contributed by atoms with Gasteiger partial charge in [-0.2, -0.15) is 5.10 Å². The van der Waals surface area contributed by atoms with Crippen molar-refractivity contribution in [2.75, 3.05) is 6.54 Å². The molecule has 1 aromatic heterocycles. The van der Waals surface area contributed by atoms with Crippen LogP contribution in [-0.2, 0) is 0 Å². The van der Waals surface area contributed by atoms with Gasteiger partial charge in [-0.05, 0) is 71.2 Å². The van der Waals surface area contributed by atoms with E-state index in [4.69, 9.17) is 5.10 Å². The van der Waals surface area contributed by atoms with E-state index in [0.717, 1.165) is 31.6 Å². The third kappa shape index (κ3) is 3.23. The monoisotopic (exact) mass is 437 g/mol. The molecule has 166 valence electrons. The van der Waals surface area contributed by atoms with Crippen molar-refractivity contribution >= 4 is 33.2 Å². The number of benzene rings is 1. The molecule has 0 saturated heterocycles. The first-order valence-corrected chi connectivity index (χ1v) is 12.8. The van der Waals surface area contributed by atoms with E-state index in [0.29, 0.717) is 12.0 Å². The maximum Gasteiger partial charge on any atom is 0.338 e. The highest BCUT2D eigenvalue weighted by molar-refractivity contribution is 7.17. The molecular weight excluding hydrogens is 402 g/mol. The number of urea groups is 1. The van der Waals surface area contributed by atoms with E-state index >= 15 is 0 Å². The van der Waals surface area contributed by atoms with Gasteiger partial charge >= 0.3 is 6.03 Å². The summed E-state index contributed by atoms with van der Waals surface area (Å²) in [5.74, 6) is 0.926. The van der Waals surface area contributed by atoms with Gasteiger partial charge in [0.05, 0.1) is 6.54 Å². The van der Waals surface area contributed by atoms with Crippen molar-refractivity contribution in [3.05, 3.63) is 35.2 Å². The quantitative estimate of drug-likeness (QED) is 0.551. The van der Waals surface area contributed by atoms with Crippen molar-refractivity contribution in [1.82, 2.24) is 10.3 Å². The van der Waals surface area contributed by atoms with E-state index in [1.165, 1.54) is 34.2 Å². The number of carbonyl (C=O) groups excluding carboxylic acids is 1. The van der Waals surface area contributed by atoms with Gasteiger partial charge in [0, 0.05) is 22.4 Å². The van der Waals surface area contributed by atoms with Crippen molar-refractivity contribution < 1.29 is 4.79 Å². The Morgan fingerprint density at radius 3 is 2.81 bits per heavy atom.